The van der Waals surface area contributed by atoms with Crippen molar-refractivity contribution in [2.75, 3.05) is 12.3 Å². The van der Waals surface area contributed by atoms with Crippen LogP contribution in [0.5, 0.6) is 0 Å². The van der Waals surface area contributed by atoms with Crippen LogP contribution in [0.2, 0.25) is 0 Å². The highest BCUT2D eigenvalue weighted by molar-refractivity contribution is 5.47. The van der Waals surface area contributed by atoms with Crippen LogP contribution in [0.1, 0.15) is 36.9 Å². The smallest absolute Gasteiger partial charge is 0.0326 e. The van der Waals surface area contributed by atoms with Crippen molar-refractivity contribution in [1.82, 2.24) is 5.32 Å². The van der Waals surface area contributed by atoms with Crippen LogP contribution in [0.4, 0.5) is 5.69 Å². The number of nitrogen functional groups attached to an aromatic ring is 1. The molecule has 3 rings (SSSR count). The second kappa shape index (κ2) is 3.77. The summed E-state index contributed by atoms with van der Waals surface area (Å²) in [7, 11) is 0. The third kappa shape index (κ3) is 1.82. The summed E-state index contributed by atoms with van der Waals surface area (Å²) in [5, 5.41) is 3.71. The predicted octanol–water partition coefficient (Wildman–Crippen LogP) is 2.50. The molecule has 2 nitrogen and oxygen atoms in total. The van der Waals surface area contributed by atoms with Crippen LogP contribution in [0.25, 0.3) is 0 Å². The van der Waals surface area contributed by atoms with Gasteiger partial charge in [-0.2, -0.15) is 0 Å². The molecule has 0 heterocycles. The van der Waals surface area contributed by atoms with Gasteiger partial charge < -0.3 is 11.1 Å². The number of rotatable bonds is 3. The Kier molecular flexibility index (Phi) is 2.40. The minimum absolute atomic E-state index is 0.573. The van der Waals surface area contributed by atoms with Crippen molar-refractivity contribution in [3.05, 3.63) is 29.3 Å². The van der Waals surface area contributed by atoms with Crippen molar-refractivity contribution in [1.29, 1.82) is 0 Å². The Hall–Kier alpha value is -1.02. The van der Waals surface area contributed by atoms with Crippen LogP contribution in [0.15, 0.2) is 18.2 Å². The molecule has 0 bridgehead atoms. The fourth-order valence-corrected chi connectivity index (χ4v) is 2.83. The Labute approximate surface area is 97.2 Å². The first-order valence-electron chi connectivity index (χ1n) is 6.35. The Balaban J connectivity index is 1.66. The van der Waals surface area contributed by atoms with Gasteiger partial charge in [0.2, 0.25) is 0 Å². The topological polar surface area (TPSA) is 38.0 Å². The van der Waals surface area contributed by atoms with E-state index in [1.54, 1.807) is 0 Å². The molecular formula is C14H20N2. The van der Waals surface area contributed by atoms with Crippen LogP contribution in [-0.4, -0.2) is 6.54 Å². The standard InChI is InChI=1S/C14H20N2/c1-9-6-11(9)8-16-14-5-2-10-7-12(15)3-4-13(10)14/h3-4,7,9,11,14,16H,2,5-6,8,15H2,1H3. The first kappa shape index (κ1) is 10.2. The molecule has 3 N–H and O–H groups in total. The Morgan fingerprint density at radius 2 is 2.25 bits per heavy atom. The van der Waals surface area contributed by atoms with Gasteiger partial charge in [0.05, 0.1) is 0 Å². The molecule has 1 fully saturated rings. The van der Waals surface area contributed by atoms with Gasteiger partial charge in [-0.05, 0) is 60.9 Å². The number of nitrogens with one attached hydrogen (secondary N) is 1. The lowest BCUT2D eigenvalue weighted by atomic mass is 10.1. The van der Waals surface area contributed by atoms with Gasteiger partial charge in [0.1, 0.15) is 0 Å². The monoisotopic (exact) mass is 216 g/mol. The van der Waals surface area contributed by atoms with Crippen LogP contribution in [0, 0.1) is 11.8 Å². The maximum Gasteiger partial charge on any atom is 0.0326 e. The third-order valence-electron chi connectivity index (χ3n) is 4.15. The molecule has 16 heavy (non-hydrogen) atoms. The molecule has 2 aliphatic carbocycles. The van der Waals surface area contributed by atoms with Crippen LogP contribution in [0.3, 0.4) is 0 Å². The van der Waals surface area contributed by atoms with E-state index in [4.69, 9.17) is 5.73 Å². The van der Waals surface area contributed by atoms with E-state index >= 15 is 0 Å². The molecule has 3 unspecified atom stereocenters. The summed E-state index contributed by atoms with van der Waals surface area (Å²) < 4.78 is 0. The summed E-state index contributed by atoms with van der Waals surface area (Å²) in [6.45, 7) is 3.53. The number of fused-ring (bicyclic) bond motifs is 1. The van der Waals surface area contributed by atoms with Gasteiger partial charge in [0.25, 0.3) is 0 Å². The lowest BCUT2D eigenvalue weighted by Gasteiger charge is -2.14. The summed E-state index contributed by atoms with van der Waals surface area (Å²) in [6.07, 6.45) is 3.83. The predicted molar refractivity (Wildman–Crippen MR) is 67.2 cm³/mol. The highest BCUT2D eigenvalue weighted by Gasteiger charge is 2.33. The minimum atomic E-state index is 0.573. The van der Waals surface area contributed by atoms with Crippen molar-refractivity contribution < 1.29 is 0 Å². The fraction of sp³-hybridized carbons (Fsp3) is 0.571. The molecule has 0 radical (unpaired) electrons. The lowest BCUT2D eigenvalue weighted by molar-refractivity contribution is 0.502. The zero-order valence-corrected chi connectivity index (χ0v) is 9.87. The Morgan fingerprint density at radius 1 is 1.44 bits per heavy atom. The van der Waals surface area contributed by atoms with E-state index < -0.39 is 0 Å². The van der Waals surface area contributed by atoms with Gasteiger partial charge >= 0.3 is 0 Å². The van der Waals surface area contributed by atoms with E-state index in [-0.39, 0.29) is 0 Å². The van der Waals surface area contributed by atoms with Gasteiger partial charge in [-0.3, -0.25) is 0 Å². The zero-order valence-electron chi connectivity index (χ0n) is 9.87. The molecule has 0 spiro atoms. The van der Waals surface area contributed by atoms with Gasteiger partial charge in [-0.25, -0.2) is 0 Å². The lowest BCUT2D eigenvalue weighted by Crippen LogP contribution is -2.22. The van der Waals surface area contributed by atoms with Crippen molar-refractivity contribution in [2.45, 2.75) is 32.2 Å². The van der Waals surface area contributed by atoms with E-state index in [1.807, 2.05) is 6.07 Å². The highest BCUT2D eigenvalue weighted by Crippen LogP contribution is 2.38. The summed E-state index contributed by atoms with van der Waals surface area (Å²) >= 11 is 0. The molecule has 1 aromatic carbocycles. The van der Waals surface area contributed by atoms with Gasteiger partial charge in [-0.15, -0.1) is 0 Å². The number of hydrogen-bond acceptors (Lipinski definition) is 2. The fourth-order valence-electron chi connectivity index (χ4n) is 2.83. The highest BCUT2D eigenvalue weighted by atomic mass is 14.9. The molecule has 0 amide bonds. The molecule has 0 aromatic heterocycles. The number of hydrogen-bond donors (Lipinski definition) is 2. The second-order valence-corrected chi connectivity index (χ2v) is 5.43. The third-order valence-corrected chi connectivity index (χ3v) is 4.15. The average molecular weight is 216 g/mol. The van der Waals surface area contributed by atoms with Gasteiger partial charge in [-0.1, -0.05) is 13.0 Å². The van der Waals surface area contributed by atoms with Crippen molar-refractivity contribution in [3.8, 4) is 0 Å². The zero-order chi connectivity index (χ0) is 11.1. The van der Waals surface area contributed by atoms with Crippen LogP contribution in [-0.2, 0) is 6.42 Å². The normalized spacial score (nSPS) is 31.4. The first-order valence-corrected chi connectivity index (χ1v) is 6.35. The molecule has 3 atom stereocenters. The van der Waals surface area contributed by atoms with E-state index in [9.17, 15) is 0 Å². The van der Waals surface area contributed by atoms with Crippen molar-refractivity contribution in [2.24, 2.45) is 11.8 Å². The maximum atomic E-state index is 5.81. The maximum absolute atomic E-state index is 5.81. The first-order chi connectivity index (χ1) is 7.74. The van der Waals surface area contributed by atoms with E-state index in [2.05, 4.69) is 24.4 Å². The van der Waals surface area contributed by atoms with Crippen LogP contribution < -0.4 is 11.1 Å². The minimum Gasteiger partial charge on any atom is -0.399 e. The average Bonchev–Trinajstić information content (AvgIpc) is 2.83. The Morgan fingerprint density at radius 3 is 3.00 bits per heavy atom. The summed E-state index contributed by atoms with van der Waals surface area (Å²) in [6, 6.07) is 6.93. The van der Waals surface area contributed by atoms with Crippen molar-refractivity contribution >= 4 is 5.69 Å². The molecular weight excluding hydrogens is 196 g/mol. The van der Waals surface area contributed by atoms with Gasteiger partial charge in [0, 0.05) is 11.7 Å². The Bertz CT molecular complexity index is 400. The SMILES string of the molecule is CC1CC1CNC1CCc2cc(N)ccc21. The number of aryl methyl sites for hydroxylation is 1. The van der Waals surface area contributed by atoms with Gasteiger partial charge in [0.15, 0.2) is 0 Å². The number of benzene rings is 1. The molecule has 2 aliphatic rings. The number of anilines is 1. The van der Waals surface area contributed by atoms with Crippen molar-refractivity contribution in [3.63, 3.8) is 0 Å². The summed E-state index contributed by atoms with van der Waals surface area (Å²) in [5.41, 5.74) is 9.62. The second-order valence-electron chi connectivity index (χ2n) is 5.43. The molecule has 2 heteroatoms. The molecule has 0 aliphatic heterocycles. The molecule has 0 saturated heterocycles. The number of nitrogens with two attached hydrogens (primary N) is 1. The van der Waals surface area contributed by atoms with Crippen LogP contribution >= 0.6 is 0 Å². The van der Waals surface area contributed by atoms with E-state index in [0.717, 1.165) is 17.5 Å². The molecule has 1 saturated carbocycles. The largest absolute Gasteiger partial charge is 0.399 e. The summed E-state index contributed by atoms with van der Waals surface area (Å²) in [4.78, 5) is 0. The van der Waals surface area contributed by atoms with E-state index in [1.165, 1.54) is 36.9 Å². The molecule has 86 valence electrons. The summed E-state index contributed by atoms with van der Waals surface area (Å²) in [5.74, 6) is 1.87. The quantitative estimate of drug-likeness (QED) is 0.762. The molecule has 1 aromatic rings. The van der Waals surface area contributed by atoms with E-state index in [0.29, 0.717) is 6.04 Å².